The van der Waals surface area contributed by atoms with Gasteiger partial charge in [-0.2, -0.15) is 5.26 Å². The minimum Gasteiger partial charge on any atom is -0.353 e. The van der Waals surface area contributed by atoms with Crippen LogP contribution in [-0.2, 0) is 9.59 Å². The van der Waals surface area contributed by atoms with Crippen LogP contribution in [0.1, 0.15) is 17.7 Å². The zero-order valence-corrected chi connectivity index (χ0v) is 21.9. The second-order valence-electron chi connectivity index (χ2n) is 7.63. The number of hydrogen-bond acceptors (Lipinski definition) is 6. The molecule has 1 atom stereocenters. The lowest BCUT2D eigenvalue weighted by atomic mass is 9.86. The van der Waals surface area contributed by atoms with E-state index in [0.717, 1.165) is 9.35 Å². The van der Waals surface area contributed by atoms with Gasteiger partial charge in [-0.3, -0.25) is 9.59 Å². The van der Waals surface area contributed by atoms with E-state index in [0.29, 0.717) is 33.2 Å². The molecular weight excluding hydrogens is 544 g/mol. The Morgan fingerprint density at radius 1 is 1.06 bits per heavy atom. The zero-order valence-electron chi connectivity index (χ0n) is 18.7. The van der Waals surface area contributed by atoms with Gasteiger partial charge in [0.1, 0.15) is 0 Å². The molecule has 0 radical (unpaired) electrons. The van der Waals surface area contributed by atoms with Gasteiger partial charge in [0.2, 0.25) is 5.91 Å². The van der Waals surface area contributed by atoms with E-state index in [1.807, 2.05) is 79.0 Å². The van der Waals surface area contributed by atoms with Crippen LogP contribution in [0, 0.1) is 11.3 Å². The highest BCUT2D eigenvalue weighted by molar-refractivity contribution is 9.10. The third-order valence-electron chi connectivity index (χ3n) is 5.23. The Kier molecular flexibility index (Phi) is 8.08. The van der Waals surface area contributed by atoms with Crippen molar-refractivity contribution in [2.75, 3.05) is 16.4 Å². The molecule has 9 heteroatoms. The monoisotopic (exact) mass is 564 g/mol. The van der Waals surface area contributed by atoms with Gasteiger partial charge < -0.3 is 16.0 Å². The van der Waals surface area contributed by atoms with Crippen LogP contribution in [-0.4, -0.2) is 17.6 Å². The fourth-order valence-electron chi connectivity index (χ4n) is 3.66. The molecule has 35 heavy (non-hydrogen) atoms. The number of thioether (sulfide) groups is 1. The molecule has 2 aromatic carbocycles. The van der Waals surface area contributed by atoms with Crippen molar-refractivity contribution in [2.45, 2.75) is 12.8 Å². The minimum absolute atomic E-state index is 0.111. The normalized spacial score (nSPS) is 15.3. The number of hydrogen-bond donors (Lipinski definition) is 3. The number of rotatable bonds is 7. The Labute approximate surface area is 220 Å². The van der Waals surface area contributed by atoms with Gasteiger partial charge in [0, 0.05) is 32.0 Å². The Morgan fingerprint density at radius 2 is 1.77 bits per heavy atom. The van der Waals surface area contributed by atoms with Gasteiger partial charge in [-0.25, -0.2) is 0 Å². The maximum Gasteiger partial charge on any atom is 0.254 e. The first kappa shape index (κ1) is 24.8. The van der Waals surface area contributed by atoms with Crippen molar-refractivity contribution in [3.63, 3.8) is 0 Å². The Hall–Kier alpha value is -3.32. The number of thiophene rings is 1. The first-order valence-electron chi connectivity index (χ1n) is 10.7. The van der Waals surface area contributed by atoms with Gasteiger partial charge in [0.15, 0.2) is 0 Å². The van der Waals surface area contributed by atoms with Crippen LogP contribution >= 0.6 is 39.0 Å². The lowest BCUT2D eigenvalue weighted by Crippen LogP contribution is -2.30. The highest BCUT2D eigenvalue weighted by Crippen LogP contribution is 2.42. The molecule has 0 saturated heterocycles. The van der Waals surface area contributed by atoms with E-state index in [2.05, 4.69) is 37.9 Å². The predicted octanol–water partition coefficient (Wildman–Crippen LogP) is 6.22. The average Bonchev–Trinajstić information content (AvgIpc) is 3.39. The molecule has 4 rings (SSSR count). The summed E-state index contributed by atoms with van der Waals surface area (Å²) in [5.41, 5.74) is 2.91. The van der Waals surface area contributed by atoms with Crippen LogP contribution in [0.25, 0.3) is 0 Å². The van der Waals surface area contributed by atoms with E-state index in [1.165, 1.54) is 23.1 Å². The van der Waals surface area contributed by atoms with Crippen LogP contribution in [0.4, 0.5) is 11.4 Å². The topological polar surface area (TPSA) is 94.0 Å². The van der Waals surface area contributed by atoms with E-state index in [1.54, 1.807) is 0 Å². The molecular formula is C26H21BrN4O2S2. The van der Waals surface area contributed by atoms with Crippen molar-refractivity contribution in [1.82, 2.24) is 5.32 Å². The summed E-state index contributed by atoms with van der Waals surface area (Å²) in [6.07, 6.45) is 0. The summed E-state index contributed by atoms with van der Waals surface area (Å²) in [5.74, 6) is -0.878. The number of dihydropyridines is 1. The summed E-state index contributed by atoms with van der Waals surface area (Å²) in [4.78, 5) is 26.8. The summed E-state index contributed by atoms with van der Waals surface area (Å²) >= 11 is 6.11. The summed E-state index contributed by atoms with van der Waals surface area (Å²) in [6.45, 7) is 1.82. The van der Waals surface area contributed by atoms with Crippen molar-refractivity contribution in [3.05, 3.63) is 103 Å². The summed E-state index contributed by atoms with van der Waals surface area (Å²) in [5, 5.41) is 21.6. The van der Waals surface area contributed by atoms with E-state index < -0.39 is 5.92 Å². The maximum atomic E-state index is 13.3. The first-order valence-corrected chi connectivity index (χ1v) is 13.3. The lowest BCUT2D eigenvalue weighted by Gasteiger charge is -2.29. The first-order chi connectivity index (χ1) is 17.0. The van der Waals surface area contributed by atoms with Crippen molar-refractivity contribution < 1.29 is 9.59 Å². The molecule has 0 unspecified atom stereocenters. The number of anilines is 2. The zero-order chi connectivity index (χ0) is 24.8. The number of nitrogens with zero attached hydrogens (tertiary/aromatic N) is 1. The fraction of sp³-hybridized carbons (Fsp3) is 0.115. The molecule has 176 valence electrons. The van der Waals surface area contributed by atoms with Crippen LogP contribution in [0.3, 0.4) is 0 Å². The number of halogens is 1. The molecule has 2 amide bonds. The number of carbonyl (C=O) groups excluding carboxylic acids is 2. The summed E-state index contributed by atoms with van der Waals surface area (Å²) in [6, 6.07) is 22.6. The minimum atomic E-state index is -0.526. The lowest BCUT2D eigenvalue weighted by molar-refractivity contribution is -0.114. The number of nitriles is 1. The highest BCUT2D eigenvalue weighted by Gasteiger charge is 2.35. The SMILES string of the molecule is CC1=C(C(=O)Nc2ccccc2)[C@@H](c2cccs2)C(C#N)=C(SCC(=O)Nc2ccc(Br)cc2)N1. The standard InChI is InChI=1S/C26H21BrN4O2S2/c1-16-23(25(33)31-18-6-3-2-4-7-18)24(21-8-5-13-34-21)20(14-28)26(29-16)35-15-22(32)30-19-11-9-17(27)10-12-19/h2-13,24,29H,15H2,1H3,(H,30,32)(H,31,33)/t24-/m1/s1. The fourth-order valence-corrected chi connectivity index (χ4v) is 5.65. The number of benzene rings is 2. The molecule has 0 fully saturated rings. The maximum absolute atomic E-state index is 13.3. The highest BCUT2D eigenvalue weighted by atomic mass is 79.9. The average molecular weight is 566 g/mol. The Balaban J connectivity index is 1.57. The van der Waals surface area contributed by atoms with E-state index in [9.17, 15) is 14.9 Å². The summed E-state index contributed by atoms with van der Waals surface area (Å²) < 4.78 is 0.925. The molecule has 0 aliphatic carbocycles. The smallest absolute Gasteiger partial charge is 0.254 e. The molecule has 0 bridgehead atoms. The second-order valence-corrected chi connectivity index (χ2v) is 10.5. The van der Waals surface area contributed by atoms with Gasteiger partial charge in [0.05, 0.1) is 28.3 Å². The molecule has 2 heterocycles. The molecule has 1 aliphatic rings. The van der Waals surface area contributed by atoms with Gasteiger partial charge in [0.25, 0.3) is 5.91 Å². The quantitative estimate of drug-likeness (QED) is 0.317. The Bertz CT molecular complexity index is 1330. The number of nitrogens with one attached hydrogen (secondary N) is 3. The molecule has 0 spiro atoms. The van der Waals surface area contributed by atoms with E-state index in [4.69, 9.17) is 0 Å². The van der Waals surface area contributed by atoms with Crippen molar-refractivity contribution in [3.8, 4) is 6.07 Å². The van der Waals surface area contributed by atoms with Crippen LogP contribution in [0.5, 0.6) is 0 Å². The summed E-state index contributed by atoms with van der Waals surface area (Å²) in [7, 11) is 0. The third kappa shape index (κ3) is 6.03. The number of allylic oxidation sites excluding steroid dienone is 2. The van der Waals surface area contributed by atoms with Gasteiger partial charge in [-0.05, 0) is 54.8 Å². The molecule has 0 saturated carbocycles. The molecule has 1 aliphatic heterocycles. The van der Waals surface area contributed by atoms with Crippen LogP contribution < -0.4 is 16.0 Å². The number of carbonyl (C=O) groups is 2. The predicted molar refractivity (Wildman–Crippen MR) is 146 cm³/mol. The van der Waals surface area contributed by atoms with E-state index >= 15 is 0 Å². The second kappa shape index (κ2) is 11.4. The van der Waals surface area contributed by atoms with Gasteiger partial charge in [-0.15, -0.1) is 11.3 Å². The molecule has 6 nitrogen and oxygen atoms in total. The van der Waals surface area contributed by atoms with Crippen molar-refractivity contribution in [1.29, 1.82) is 5.26 Å². The Morgan fingerprint density at radius 3 is 2.43 bits per heavy atom. The number of para-hydroxylation sites is 1. The van der Waals surface area contributed by atoms with Crippen LogP contribution in [0.2, 0.25) is 0 Å². The van der Waals surface area contributed by atoms with Gasteiger partial charge >= 0.3 is 0 Å². The van der Waals surface area contributed by atoms with Crippen LogP contribution in [0.15, 0.2) is 98.5 Å². The van der Waals surface area contributed by atoms with E-state index in [-0.39, 0.29) is 17.6 Å². The molecule has 1 aromatic heterocycles. The molecule has 3 N–H and O–H groups in total. The van der Waals surface area contributed by atoms with Gasteiger partial charge in [-0.1, -0.05) is 52.0 Å². The van der Waals surface area contributed by atoms with Crippen molar-refractivity contribution >= 4 is 62.2 Å². The largest absolute Gasteiger partial charge is 0.353 e. The number of amides is 2. The third-order valence-corrected chi connectivity index (χ3v) is 7.71. The molecule has 3 aromatic rings. The van der Waals surface area contributed by atoms with Crippen molar-refractivity contribution in [2.24, 2.45) is 0 Å².